The van der Waals surface area contributed by atoms with Crippen LogP contribution in [0.2, 0.25) is 5.02 Å². The van der Waals surface area contributed by atoms with Crippen LogP contribution in [0.25, 0.3) is 0 Å². The van der Waals surface area contributed by atoms with Crippen molar-refractivity contribution in [1.82, 2.24) is 0 Å². The smallest absolute Gasteiger partial charge is 0.310 e. The number of ether oxygens (including phenoxy) is 2. The minimum atomic E-state index is -0.406. The van der Waals surface area contributed by atoms with Gasteiger partial charge in [0.15, 0.2) is 0 Å². The van der Waals surface area contributed by atoms with Crippen LogP contribution in [0.3, 0.4) is 0 Å². The summed E-state index contributed by atoms with van der Waals surface area (Å²) < 4.78 is 9.81. The summed E-state index contributed by atoms with van der Waals surface area (Å²) in [6.07, 6.45) is -0.0143. The Balaban J connectivity index is 3.07. The largest absolute Gasteiger partial charge is 0.497 e. The number of methoxy groups -OCH3 is 1. The lowest BCUT2D eigenvalue weighted by Crippen LogP contribution is -2.09. The zero-order valence-electron chi connectivity index (χ0n) is 9.62. The summed E-state index contributed by atoms with van der Waals surface area (Å²) in [6, 6.07) is 5.09. The predicted molar refractivity (Wildman–Crippen MR) is 63.1 cm³/mol. The molecule has 0 radical (unpaired) electrons. The molecule has 0 aliphatic carbocycles. The lowest BCUT2D eigenvalue weighted by atomic mass is 10.0. The van der Waals surface area contributed by atoms with Crippen molar-refractivity contribution in [3.8, 4) is 11.8 Å². The highest BCUT2D eigenvalue weighted by Gasteiger charge is 2.14. The maximum Gasteiger partial charge on any atom is 0.310 e. The summed E-state index contributed by atoms with van der Waals surface area (Å²) in [7, 11) is 1.48. The van der Waals surface area contributed by atoms with Crippen LogP contribution in [0.5, 0.6) is 5.75 Å². The van der Waals surface area contributed by atoms with Crippen molar-refractivity contribution in [2.75, 3.05) is 13.7 Å². The van der Waals surface area contributed by atoms with Gasteiger partial charge in [0.1, 0.15) is 5.75 Å². The van der Waals surface area contributed by atoms with E-state index in [2.05, 4.69) is 0 Å². The first kappa shape index (κ1) is 13.3. The molecule has 0 aliphatic heterocycles. The Morgan fingerprint density at radius 3 is 2.76 bits per heavy atom. The van der Waals surface area contributed by atoms with E-state index < -0.39 is 5.97 Å². The van der Waals surface area contributed by atoms with Gasteiger partial charge < -0.3 is 9.47 Å². The molecule has 17 heavy (non-hydrogen) atoms. The number of carbonyl (C=O) groups is 1. The number of hydrogen-bond donors (Lipinski definition) is 0. The summed E-state index contributed by atoms with van der Waals surface area (Å²) in [5.74, 6) is 0.0789. The molecule has 0 aromatic heterocycles. The molecule has 0 heterocycles. The second-order valence-electron chi connectivity index (χ2n) is 3.23. The minimum absolute atomic E-state index is 0.0143. The first-order valence-corrected chi connectivity index (χ1v) is 5.42. The second kappa shape index (κ2) is 6.12. The van der Waals surface area contributed by atoms with Gasteiger partial charge in [0.2, 0.25) is 0 Å². The van der Waals surface area contributed by atoms with E-state index in [1.54, 1.807) is 19.1 Å². The van der Waals surface area contributed by atoms with Crippen LogP contribution in [0.1, 0.15) is 18.1 Å². The van der Waals surface area contributed by atoms with Gasteiger partial charge >= 0.3 is 5.97 Å². The molecule has 0 saturated heterocycles. The topological polar surface area (TPSA) is 59.3 Å². The molecular weight excluding hydrogens is 242 g/mol. The average molecular weight is 254 g/mol. The Bertz CT molecular complexity index is 466. The fourth-order valence-corrected chi connectivity index (χ4v) is 1.64. The van der Waals surface area contributed by atoms with Gasteiger partial charge in [0.05, 0.1) is 31.8 Å². The number of carbonyl (C=O) groups excluding carboxylic acids is 1. The van der Waals surface area contributed by atoms with Gasteiger partial charge in [-0.15, -0.1) is 0 Å². The van der Waals surface area contributed by atoms with Crippen LogP contribution in [-0.4, -0.2) is 19.7 Å². The first-order valence-electron chi connectivity index (χ1n) is 5.04. The summed E-state index contributed by atoms with van der Waals surface area (Å²) in [5, 5.41) is 9.32. The van der Waals surface area contributed by atoms with Gasteiger partial charge in [-0.25, -0.2) is 0 Å². The molecule has 0 saturated carbocycles. The summed E-state index contributed by atoms with van der Waals surface area (Å²) >= 11 is 6.00. The number of nitriles is 1. The Morgan fingerprint density at radius 2 is 2.24 bits per heavy atom. The number of rotatable bonds is 4. The SMILES string of the molecule is CCOC(=O)Cc1c(Cl)cc(OC)cc1C#N. The lowest BCUT2D eigenvalue weighted by molar-refractivity contribution is -0.142. The molecule has 0 amide bonds. The zero-order chi connectivity index (χ0) is 12.8. The summed E-state index contributed by atoms with van der Waals surface area (Å²) in [4.78, 5) is 11.4. The molecule has 0 unspecified atom stereocenters. The van der Waals surface area contributed by atoms with E-state index in [1.165, 1.54) is 7.11 Å². The number of halogens is 1. The minimum Gasteiger partial charge on any atom is -0.497 e. The monoisotopic (exact) mass is 253 g/mol. The van der Waals surface area contributed by atoms with Gasteiger partial charge in [-0.3, -0.25) is 4.79 Å². The Labute approximate surface area is 105 Å². The molecule has 5 heteroatoms. The number of nitrogens with zero attached hydrogens (tertiary/aromatic N) is 1. The van der Waals surface area contributed by atoms with Gasteiger partial charge in [-0.1, -0.05) is 11.6 Å². The Morgan fingerprint density at radius 1 is 1.53 bits per heavy atom. The summed E-state index contributed by atoms with van der Waals surface area (Å²) in [5.41, 5.74) is 0.788. The van der Waals surface area contributed by atoms with Crippen molar-refractivity contribution >= 4 is 17.6 Å². The number of esters is 1. The van der Waals surface area contributed by atoms with Crippen LogP contribution in [0.15, 0.2) is 12.1 Å². The van der Waals surface area contributed by atoms with E-state index in [0.29, 0.717) is 28.5 Å². The van der Waals surface area contributed by atoms with Gasteiger partial charge in [-0.05, 0) is 24.6 Å². The van der Waals surface area contributed by atoms with Crippen molar-refractivity contribution in [3.05, 3.63) is 28.3 Å². The fourth-order valence-electron chi connectivity index (χ4n) is 1.37. The van der Waals surface area contributed by atoms with E-state index in [0.717, 1.165) is 0 Å². The molecule has 0 aliphatic rings. The molecule has 0 fully saturated rings. The summed E-state index contributed by atoms with van der Waals surface area (Å²) in [6.45, 7) is 2.02. The van der Waals surface area contributed by atoms with Crippen LogP contribution in [0, 0.1) is 11.3 Å². The van der Waals surface area contributed by atoms with E-state index in [-0.39, 0.29) is 6.42 Å². The van der Waals surface area contributed by atoms with Gasteiger partial charge in [0.25, 0.3) is 0 Å². The van der Waals surface area contributed by atoms with Crippen molar-refractivity contribution in [2.45, 2.75) is 13.3 Å². The molecule has 1 aromatic rings. The normalized spacial score (nSPS) is 9.53. The van der Waals surface area contributed by atoms with Crippen LogP contribution >= 0.6 is 11.6 Å². The highest BCUT2D eigenvalue weighted by atomic mass is 35.5. The first-order chi connectivity index (χ1) is 8.12. The van der Waals surface area contributed by atoms with Crippen molar-refractivity contribution in [3.63, 3.8) is 0 Å². The standard InChI is InChI=1S/C12H12ClNO3/c1-3-17-12(15)6-10-8(7-14)4-9(16-2)5-11(10)13/h4-5H,3,6H2,1-2H3. The van der Waals surface area contributed by atoms with E-state index in [9.17, 15) is 4.79 Å². The molecule has 0 bridgehead atoms. The van der Waals surface area contributed by atoms with Crippen LogP contribution < -0.4 is 4.74 Å². The molecular formula is C12H12ClNO3. The molecule has 90 valence electrons. The molecule has 4 nitrogen and oxygen atoms in total. The van der Waals surface area contributed by atoms with E-state index >= 15 is 0 Å². The third-order valence-corrected chi connectivity index (χ3v) is 2.49. The second-order valence-corrected chi connectivity index (χ2v) is 3.64. The maximum atomic E-state index is 11.4. The van der Waals surface area contributed by atoms with Gasteiger partial charge in [0, 0.05) is 5.02 Å². The van der Waals surface area contributed by atoms with Crippen molar-refractivity contribution < 1.29 is 14.3 Å². The lowest BCUT2D eigenvalue weighted by Gasteiger charge is -2.08. The van der Waals surface area contributed by atoms with E-state index in [1.807, 2.05) is 6.07 Å². The highest BCUT2D eigenvalue weighted by molar-refractivity contribution is 6.31. The van der Waals surface area contributed by atoms with Crippen molar-refractivity contribution in [2.24, 2.45) is 0 Å². The average Bonchev–Trinajstić information content (AvgIpc) is 2.31. The maximum absolute atomic E-state index is 11.4. The number of hydrogen-bond acceptors (Lipinski definition) is 4. The van der Waals surface area contributed by atoms with E-state index in [4.69, 9.17) is 26.3 Å². The Hall–Kier alpha value is -1.73. The van der Waals surface area contributed by atoms with Gasteiger partial charge in [-0.2, -0.15) is 5.26 Å². The highest BCUT2D eigenvalue weighted by Crippen LogP contribution is 2.27. The fraction of sp³-hybridized carbons (Fsp3) is 0.333. The third kappa shape index (κ3) is 3.36. The molecule has 0 N–H and O–H groups in total. The molecule has 1 aromatic carbocycles. The zero-order valence-corrected chi connectivity index (χ0v) is 10.4. The Kier molecular flexibility index (Phi) is 4.80. The number of benzene rings is 1. The predicted octanol–water partition coefficient (Wildman–Crippen LogP) is 2.33. The molecule has 0 atom stereocenters. The van der Waals surface area contributed by atoms with Crippen molar-refractivity contribution in [1.29, 1.82) is 5.26 Å². The van der Waals surface area contributed by atoms with Crippen LogP contribution in [0.4, 0.5) is 0 Å². The molecule has 1 rings (SSSR count). The van der Waals surface area contributed by atoms with Crippen LogP contribution in [-0.2, 0) is 16.0 Å². The third-order valence-electron chi connectivity index (χ3n) is 2.15. The quantitative estimate of drug-likeness (QED) is 0.773. The molecule has 0 spiro atoms.